The van der Waals surface area contributed by atoms with Crippen molar-refractivity contribution in [3.8, 4) is 0 Å². The number of piperidine rings is 1. The summed E-state index contributed by atoms with van der Waals surface area (Å²) in [6.07, 6.45) is 5.29. The SMILES string of the molecule is NC(=O)C1CCC(n2c(Nc3c(F)cc(F)cc3F)nc3cnc(N[C@@H]4CCCN(C(=O)Nc5ccccc5)C4)nc32)CC1. The Balaban J connectivity index is 1.26. The second kappa shape index (κ2) is 12.4. The van der Waals surface area contributed by atoms with E-state index in [2.05, 4.69) is 25.9 Å². The van der Waals surface area contributed by atoms with E-state index in [1.54, 1.807) is 9.47 Å². The summed E-state index contributed by atoms with van der Waals surface area (Å²) < 4.78 is 44.5. The molecule has 230 valence electrons. The normalized spacial score (nSPS) is 20.3. The van der Waals surface area contributed by atoms with Crippen LogP contribution >= 0.6 is 0 Å². The number of hydrogen-bond acceptors (Lipinski definition) is 7. The molecule has 5 N–H and O–H groups in total. The number of rotatable bonds is 7. The number of nitrogens with zero attached hydrogens (tertiary/aromatic N) is 5. The van der Waals surface area contributed by atoms with Crippen molar-refractivity contribution < 1.29 is 22.8 Å². The zero-order valence-corrected chi connectivity index (χ0v) is 23.8. The number of carbonyl (C=O) groups excluding carboxylic acids is 2. The van der Waals surface area contributed by atoms with Crippen molar-refractivity contribution in [3.05, 3.63) is 66.1 Å². The van der Waals surface area contributed by atoms with Gasteiger partial charge < -0.3 is 26.6 Å². The van der Waals surface area contributed by atoms with Crippen molar-refractivity contribution >= 4 is 46.4 Å². The van der Waals surface area contributed by atoms with Crippen LogP contribution in [-0.4, -0.2) is 55.5 Å². The molecule has 0 spiro atoms. The topological polar surface area (TPSA) is 143 Å². The number of aromatic nitrogens is 4. The summed E-state index contributed by atoms with van der Waals surface area (Å²) in [4.78, 5) is 40.1. The Morgan fingerprint density at radius 2 is 1.68 bits per heavy atom. The third-order valence-electron chi connectivity index (χ3n) is 8.21. The molecular weight excluding hydrogens is 575 g/mol. The highest BCUT2D eigenvalue weighted by Crippen LogP contribution is 2.37. The molecule has 2 fully saturated rings. The third-order valence-corrected chi connectivity index (χ3v) is 8.21. The maximum atomic E-state index is 14.6. The summed E-state index contributed by atoms with van der Waals surface area (Å²) in [5, 5.41) is 8.94. The van der Waals surface area contributed by atoms with E-state index in [1.807, 2.05) is 30.3 Å². The maximum absolute atomic E-state index is 14.6. The van der Waals surface area contributed by atoms with Crippen LogP contribution in [0.2, 0.25) is 0 Å². The molecule has 1 aliphatic heterocycles. The number of amides is 3. The highest BCUT2D eigenvalue weighted by molar-refractivity contribution is 5.89. The number of para-hydroxylation sites is 1. The molecule has 2 aromatic heterocycles. The smallest absolute Gasteiger partial charge is 0.321 e. The number of imidazole rings is 1. The molecule has 1 aliphatic carbocycles. The first-order chi connectivity index (χ1) is 21.2. The second-order valence-corrected chi connectivity index (χ2v) is 11.2. The standard InChI is InChI=1S/C30H32F3N9O2/c31-18-13-22(32)25(23(33)14-18)39-29-38-24-15-35-28(40-27(24)42(29)21-10-8-17(9-11-21)26(34)43)36-20-7-4-12-41(16-20)30(44)37-19-5-2-1-3-6-19/h1-3,5-6,13-15,17,20-21H,4,7-12,16H2,(H2,34,43)(H,37,44)(H,38,39)(H,35,36,40)/t17?,20-,21?/m1/s1. The number of anilines is 4. The second-order valence-electron chi connectivity index (χ2n) is 11.2. The molecule has 4 aromatic rings. The monoisotopic (exact) mass is 607 g/mol. The van der Waals surface area contributed by atoms with E-state index in [0.717, 1.165) is 12.8 Å². The van der Waals surface area contributed by atoms with Gasteiger partial charge >= 0.3 is 6.03 Å². The zero-order chi connectivity index (χ0) is 30.8. The molecule has 14 heteroatoms. The van der Waals surface area contributed by atoms with E-state index >= 15 is 0 Å². The number of nitrogens with two attached hydrogens (primary N) is 1. The van der Waals surface area contributed by atoms with Crippen LogP contribution in [0.1, 0.15) is 44.6 Å². The fraction of sp³-hybridized carbons (Fsp3) is 0.367. The molecule has 3 amide bonds. The van der Waals surface area contributed by atoms with Crippen LogP contribution in [0.3, 0.4) is 0 Å². The van der Waals surface area contributed by atoms with Crippen LogP contribution in [0.4, 0.5) is 41.2 Å². The molecule has 3 heterocycles. The number of hydrogen-bond donors (Lipinski definition) is 4. The summed E-state index contributed by atoms with van der Waals surface area (Å²) in [6, 6.07) is 9.89. The Bertz CT molecular complexity index is 1650. The minimum absolute atomic E-state index is 0.111. The Kier molecular flexibility index (Phi) is 8.22. The number of benzene rings is 2. The molecule has 1 atom stereocenters. The summed E-state index contributed by atoms with van der Waals surface area (Å²) in [5.41, 5.74) is 6.50. The van der Waals surface area contributed by atoms with Crippen LogP contribution in [0, 0.1) is 23.4 Å². The first-order valence-corrected chi connectivity index (χ1v) is 14.6. The van der Waals surface area contributed by atoms with Gasteiger partial charge in [-0.05, 0) is 50.7 Å². The van der Waals surface area contributed by atoms with Crippen molar-refractivity contribution in [3.63, 3.8) is 0 Å². The highest BCUT2D eigenvalue weighted by atomic mass is 19.1. The van der Waals surface area contributed by atoms with Crippen molar-refractivity contribution in [1.29, 1.82) is 0 Å². The first-order valence-electron chi connectivity index (χ1n) is 14.6. The van der Waals surface area contributed by atoms with Crippen molar-refractivity contribution in [2.75, 3.05) is 29.0 Å². The minimum atomic E-state index is -1.11. The number of fused-ring (bicyclic) bond motifs is 1. The molecule has 1 saturated heterocycles. The lowest BCUT2D eigenvalue weighted by Gasteiger charge is -2.33. The van der Waals surface area contributed by atoms with E-state index in [4.69, 9.17) is 10.7 Å². The van der Waals surface area contributed by atoms with Gasteiger partial charge in [-0.15, -0.1) is 0 Å². The molecule has 0 radical (unpaired) electrons. The van der Waals surface area contributed by atoms with Gasteiger partial charge in [0.1, 0.15) is 17.0 Å². The lowest BCUT2D eigenvalue weighted by molar-refractivity contribution is -0.122. The maximum Gasteiger partial charge on any atom is 0.321 e. The van der Waals surface area contributed by atoms with Gasteiger partial charge in [0, 0.05) is 48.9 Å². The lowest BCUT2D eigenvalue weighted by atomic mass is 9.85. The van der Waals surface area contributed by atoms with E-state index in [9.17, 15) is 22.8 Å². The number of urea groups is 1. The summed E-state index contributed by atoms with van der Waals surface area (Å²) in [5.74, 6) is -3.45. The molecule has 2 aliphatic rings. The number of nitrogens with one attached hydrogen (secondary N) is 3. The average Bonchev–Trinajstić information content (AvgIpc) is 3.37. The molecular formula is C30H32F3N9O2. The summed E-state index contributed by atoms with van der Waals surface area (Å²) in [6.45, 7) is 1.05. The van der Waals surface area contributed by atoms with Crippen molar-refractivity contribution in [1.82, 2.24) is 24.4 Å². The predicted octanol–water partition coefficient (Wildman–Crippen LogP) is 5.31. The Labute approximate surface area is 251 Å². The number of likely N-dealkylation sites (tertiary alicyclic amines) is 1. The van der Waals surface area contributed by atoms with Crippen LogP contribution in [0.25, 0.3) is 11.2 Å². The lowest BCUT2D eigenvalue weighted by Crippen LogP contribution is -2.47. The predicted molar refractivity (Wildman–Crippen MR) is 159 cm³/mol. The molecule has 0 unspecified atom stereocenters. The Morgan fingerprint density at radius 3 is 2.39 bits per heavy atom. The van der Waals surface area contributed by atoms with Gasteiger partial charge in [-0.1, -0.05) is 18.2 Å². The van der Waals surface area contributed by atoms with Gasteiger partial charge in [-0.3, -0.25) is 9.36 Å². The third kappa shape index (κ3) is 6.24. The van der Waals surface area contributed by atoms with Crippen LogP contribution in [-0.2, 0) is 4.79 Å². The molecule has 2 aromatic carbocycles. The fourth-order valence-electron chi connectivity index (χ4n) is 5.97. The number of primary amides is 1. The largest absolute Gasteiger partial charge is 0.369 e. The molecule has 44 heavy (non-hydrogen) atoms. The average molecular weight is 608 g/mol. The van der Waals surface area contributed by atoms with E-state index in [0.29, 0.717) is 73.7 Å². The molecule has 1 saturated carbocycles. The molecule has 11 nitrogen and oxygen atoms in total. The van der Waals surface area contributed by atoms with Crippen LogP contribution < -0.4 is 21.7 Å². The summed E-state index contributed by atoms with van der Waals surface area (Å²) >= 11 is 0. The number of halogens is 3. The van der Waals surface area contributed by atoms with Crippen molar-refractivity contribution in [2.45, 2.75) is 50.6 Å². The van der Waals surface area contributed by atoms with E-state index < -0.39 is 23.1 Å². The number of carbonyl (C=O) groups is 2. The van der Waals surface area contributed by atoms with Gasteiger partial charge in [-0.25, -0.2) is 27.9 Å². The van der Waals surface area contributed by atoms with Gasteiger partial charge in [-0.2, -0.15) is 4.98 Å². The summed E-state index contributed by atoms with van der Waals surface area (Å²) in [7, 11) is 0. The zero-order valence-electron chi connectivity index (χ0n) is 23.8. The van der Waals surface area contributed by atoms with Gasteiger partial charge in [0.15, 0.2) is 17.3 Å². The highest BCUT2D eigenvalue weighted by Gasteiger charge is 2.30. The van der Waals surface area contributed by atoms with Crippen LogP contribution in [0.5, 0.6) is 0 Å². The quantitative estimate of drug-likeness (QED) is 0.223. The van der Waals surface area contributed by atoms with Gasteiger partial charge in [0.05, 0.1) is 6.20 Å². The molecule has 0 bridgehead atoms. The van der Waals surface area contributed by atoms with Crippen molar-refractivity contribution in [2.24, 2.45) is 11.7 Å². The van der Waals surface area contributed by atoms with Gasteiger partial charge in [0.25, 0.3) is 0 Å². The Morgan fingerprint density at radius 1 is 0.955 bits per heavy atom. The van der Waals surface area contributed by atoms with Gasteiger partial charge in [0.2, 0.25) is 17.8 Å². The van der Waals surface area contributed by atoms with Crippen LogP contribution in [0.15, 0.2) is 48.7 Å². The Hall–Kier alpha value is -4.88. The first kappa shape index (κ1) is 29.2. The van der Waals surface area contributed by atoms with E-state index in [1.165, 1.54) is 6.20 Å². The van der Waals surface area contributed by atoms with E-state index in [-0.39, 0.29) is 35.9 Å². The fourth-order valence-corrected chi connectivity index (χ4v) is 5.97. The minimum Gasteiger partial charge on any atom is -0.369 e. The molecule has 6 rings (SSSR count).